The number of ether oxygens (including phenoxy) is 1. The van der Waals surface area contributed by atoms with E-state index < -0.39 is 5.97 Å². The minimum atomic E-state index is -0.391. The van der Waals surface area contributed by atoms with Crippen molar-refractivity contribution in [3.8, 4) is 0 Å². The van der Waals surface area contributed by atoms with Crippen LogP contribution in [-0.2, 0) is 9.53 Å². The van der Waals surface area contributed by atoms with E-state index in [1.165, 1.54) is 0 Å². The molecule has 0 aromatic rings. The SMILES string of the molecule is CC=C1N=CC(=O)O1. The summed E-state index contributed by atoms with van der Waals surface area (Å²) in [5.41, 5.74) is 0. The van der Waals surface area contributed by atoms with Crippen LogP contribution in [0.1, 0.15) is 6.92 Å². The summed E-state index contributed by atoms with van der Waals surface area (Å²) in [5.74, 6) is -0.00639. The minimum Gasteiger partial charge on any atom is -0.404 e. The Hall–Kier alpha value is -1.12. The monoisotopic (exact) mass is 111 g/mol. The van der Waals surface area contributed by atoms with Crippen molar-refractivity contribution in [2.75, 3.05) is 0 Å². The van der Waals surface area contributed by atoms with Gasteiger partial charge in [0.05, 0.1) is 0 Å². The number of carbonyl (C=O) groups is 1. The first-order chi connectivity index (χ1) is 3.83. The van der Waals surface area contributed by atoms with Crippen molar-refractivity contribution in [2.24, 2.45) is 4.99 Å². The summed E-state index contributed by atoms with van der Waals surface area (Å²) >= 11 is 0. The molecule has 0 amide bonds. The number of carbonyl (C=O) groups excluding carboxylic acids is 1. The van der Waals surface area contributed by atoms with Crippen molar-refractivity contribution in [3.05, 3.63) is 12.0 Å². The number of hydrogen-bond acceptors (Lipinski definition) is 3. The van der Waals surface area contributed by atoms with Gasteiger partial charge in [0.15, 0.2) is 0 Å². The van der Waals surface area contributed by atoms with Crippen molar-refractivity contribution >= 4 is 12.2 Å². The lowest BCUT2D eigenvalue weighted by atomic mass is 10.7. The number of aliphatic imine (C=N–C) groups is 1. The van der Waals surface area contributed by atoms with E-state index in [4.69, 9.17) is 0 Å². The van der Waals surface area contributed by atoms with Crippen LogP contribution in [0.4, 0.5) is 0 Å². The smallest absolute Gasteiger partial charge is 0.356 e. The molecule has 3 nitrogen and oxygen atoms in total. The van der Waals surface area contributed by atoms with Gasteiger partial charge in [-0.25, -0.2) is 9.79 Å². The van der Waals surface area contributed by atoms with Crippen LogP contribution in [0, 0.1) is 0 Å². The van der Waals surface area contributed by atoms with Crippen LogP contribution in [0.2, 0.25) is 0 Å². The van der Waals surface area contributed by atoms with Crippen LogP contribution in [-0.4, -0.2) is 12.2 Å². The van der Waals surface area contributed by atoms with E-state index in [9.17, 15) is 4.79 Å². The van der Waals surface area contributed by atoms with Crippen molar-refractivity contribution in [3.63, 3.8) is 0 Å². The van der Waals surface area contributed by atoms with Gasteiger partial charge in [0, 0.05) is 0 Å². The van der Waals surface area contributed by atoms with Crippen molar-refractivity contribution in [1.82, 2.24) is 0 Å². The summed E-state index contributed by atoms with van der Waals surface area (Å²) in [6.45, 7) is 1.76. The fraction of sp³-hybridized carbons (Fsp3) is 0.200. The number of rotatable bonds is 0. The van der Waals surface area contributed by atoms with Crippen LogP contribution in [0.25, 0.3) is 0 Å². The summed E-state index contributed by atoms with van der Waals surface area (Å²) < 4.78 is 4.51. The van der Waals surface area contributed by atoms with Crippen LogP contribution in [0.3, 0.4) is 0 Å². The molecule has 0 spiro atoms. The summed E-state index contributed by atoms with van der Waals surface area (Å²) in [6.07, 6.45) is 2.77. The Balaban J connectivity index is 2.73. The highest BCUT2D eigenvalue weighted by Crippen LogP contribution is 2.03. The minimum absolute atomic E-state index is 0.384. The van der Waals surface area contributed by atoms with Gasteiger partial charge in [-0.05, 0) is 13.0 Å². The molecule has 1 aliphatic heterocycles. The molecule has 0 saturated carbocycles. The van der Waals surface area contributed by atoms with E-state index in [0.717, 1.165) is 6.21 Å². The lowest BCUT2D eigenvalue weighted by Gasteiger charge is -1.86. The lowest BCUT2D eigenvalue weighted by Crippen LogP contribution is -1.93. The number of allylic oxidation sites excluding steroid dienone is 1. The van der Waals surface area contributed by atoms with Crippen LogP contribution < -0.4 is 0 Å². The van der Waals surface area contributed by atoms with Gasteiger partial charge in [0.25, 0.3) is 0 Å². The molecule has 0 aromatic heterocycles. The van der Waals surface area contributed by atoms with Gasteiger partial charge in [-0.3, -0.25) is 0 Å². The summed E-state index contributed by atoms with van der Waals surface area (Å²) in [4.78, 5) is 13.8. The number of cyclic esters (lactones) is 1. The summed E-state index contributed by atoms with van der Waals surface area (Å²) in [7, 11) is 0. The number of esters is 1. The van der Waals surface area contributed by atoms with Crippen LogP contribution in [0.5, 0.6) is 0 Å². The highest BCUT2D eigenvalue weighted by molar-refractivity contribution is 6.25. The van der Waals surface area contributed by atoms with E-state index in [1.807, 2.05) is 0 Å². The Labute approximate surface area is 46.7 Å². The molecule has 0 aromatic carbocycles. The first-order valence-electron chi connectivity index (χ1n) is 2.25. The quantitative estimate of drug-likeness (QED) is 0.426. The molecule has 0 N–H and O–H groups in total. The molecule has 0 aliphatic carbocycles. The fourth-order valence-electron chi connectivity index (χ4n) is 0.406. The molecule has 1 heterocycles. The molecule has 0 unspecified atom stereocenters. The molecule has 0 saturated heterocycles. The molecule has 0 atom stereocenters. The molecule has 3 heteroatoms. The third-order valence-electron chi connectivity index (χ3n) is 0.749. The maximum absolute atomic E-state index is 10.2. The van der Waals surface area contributed by atoms with E-state index >= 15 is 0 Å². The zero-order valence-corrected chi connectivity index (χ0v) is 4.42. The number of hydrogen-bond donors (Lipinski definition) is 0. The van der Waals surface area contributed by atoms with Crippen molar-refractivity contribution in [1.29, 1.82) is 0 Å². The van der Waals surface area contributed by atoms with Gasteiger partial charge in [0.1, 0.15) is 6.21 Å². The van der Waals surface area contributed by atoms with Crippen molar-refractivity contribution in [2.45, 2.75) is 6.92 Å². The topological polar surface area (TPSA) is 38.7 Å². The average Bonchev–Trinajstić information content (AvgIpc) is 2.14. The third kappa shape index (κ3) is 0.753. The van der Waals surface area contributed by atoms with E-state index in [2.05, 4.69) is 9.73 Å². The van der Waals surface area contributed by atoms with E-state index in [1.54, 1.807) is 13.0 Å². The molecular weight excluding hydrogens is 106 g/mol. The predicted molar refractivity (Wildman–Crippen MR) is 28.3 cm³/mol. The Morgan fingerprint density at radius 3 is 2.88 bits per heavy atom. The second kappa shape index (κ2) is 1.78. The summed E-state index contributed by atoms with van der Waals surface area (Å²) in [6, 6.07) is 0. The second-order valence-corrected chi connectivity index (χ2v) is 1.31. The Morgan fingerprint density at radius 2 is 2.62 bits per heavy atom. The molecule has 1 aliphatic rings. The molecule has 0 bridgehead atoms. The largest absolute Gasteiger partial charge is 0.404 e. The van der Waals surface area contributed by atoms with E-state index in [-0.39, 0.29) is 0 Å². The lowest BCUT2D eigenvalue weighted by molar-refractivity contribution is -0.129. The Bertz CT molecular complexity index is 169. The van der Waals surface area contributed by atoms with Crippen LogP contribution in [0.15, 0.2) is 17.0 Å². The summed E-state index contributed by atoms with van der Waals surface area (Å²) in [5, 5.41) is 0. The first-order valence-corrected chi connectivity index (χ1v) is 2.25. The molecule has 0 radical (unpaired) electrons. The first kappa shape index (κ1) is 5.03. The molecule has 1 rings (SSSR count). The Kier molecular flexibility index (Phi) is 1.12. The van der Waals surface area contributed by atoms with Gasteiger partial charge in [-0.15, -0.1) is 0 Å². The van der Waals surface area contributed by atoms with Gasteiger partial charge in [0.2, 0.25) is 5.88 Å². The molecular formula is C5H5NO2. The average molecular weight is 111 g/mol. The third-order valence-corrected chi connectivity index (χ3v) is 0.749. The zero-order valence-electron chi connectivity index (χ0n) is 4.42. The standard InChI is InChI=1S/C5H5NO2/c1-2-4-6-3-5(7)8-4/h2-3H,1H3. The zero-order chi connectivity index (χ0) is 5.98. The highest BCUT2D eigenvalue weighted by atomic mass is 16.6. The molecule has 8 heavy (non-hydrogen) atoms. The normalized spacial score (nSPS) is 22.1. The maximum atomic E-state index is 10.2. The predicted octanol–water partition coefficient (Wildman–Crippen LogP) is 0.475. The van der Waals surface area contributed by atoms with Crippen molar-refractivity contribution < 1.29 is 9.53 Å². The fourth-order valence-corrected chi connectivity index (χ4v) is 0.406. The van der Waals surface area contributed by atoms with E-state index in [0.29, 0.717) is 5.88 Å². The maximum Gasteiger partial charge on any atom is 0.356 e. The highest BCUT2D eigenvalue weighted by Gasteiger charge is 2.08. The molecule has 0 fully saturated rings. The van der Waals surface area contributed by atoms with Gasteiger partial charge < -0.3 is 4.74 Å². The Morgan fingerprint density at radius 1 is 1.88 bits per heavy atom. The second-order valence-electron chi connectivity index (χ2n) is 1.31. The van der Waals surface area contributed by atoms with Crippen LogP contribution >= 0.6 is 0 Å². The van der Waals surface area contributed by atoms with Gasteiger partial charge in [-0.2, -0.15) is 0 Å². The van der Waals surface area contributed by atoms with Gasteiger partial charge in [-0.1, -0.05) is 0 Å². The number of nitrogens with zero attached hydrogens (tertiary/aromatic N) is 1. The van der Waals surface area contributed by atoms with Gasteiger partial charge >= 0.3 is 5.97 Å². The molecule has 42 valence electrons.